The first-order chi connectivity index (χ1) is 8.74. The molecule has 0 heterocycles. The van der Waals surface area contributed by atoms with Crippen LogP contribution < -0.4 is 5.32 Å². The molecule has 108 valence electrons. The van der Waals surface area contributed by atoms with Crippen molar-refractivity contribution in [2.75, 3.05) is 13.7 Å². The third-order valence-electron chi connectivity index (χ3n) is 3.21. The molecular formula is C11H14F3NO4. The smallest absolute Gasteiger partial charge is 0.468 e. The van der Waals surface area contributed by atoms with Gasteiger partial charge >= 0.3 is 18.1 Å². The van der Waals surface area contributed by atoms with Gasteiger partial charge in [0.15, 0.2) is 0 Å². The van der Waals surface area contributed by atoms with E-state index in [-0.39, 0.29) is 25.0 Å². The van der Waals surface area contributed by atoms with Crippen LogP contribution in [0.15, 0.2) is 0 Å². The molecule has 0 radical (unpaired) electrons. The van der Waals surface area contributed by atoms with Gasteiger partial charge in [0.1, 0.15) is 11.2 Å². The maximum Gasteiger partial charge on any atom is 0.471 e. The van der Waals surface area contributed by atoms with E-state index < -0.39 is 30.0 Å². The van der Waals surface area contributed by atoms with Crippen molar-refractivity contribution < 1.29 is 32.3 Å². The Bertz CT molecular complexity index is 394. The zero-order valence-electron chi connectivity index (χ0n) is 10.3. The summed E-state index contributed by atoms with van der Waals surface area (Å²) in [5.41, 5.74) is -1.41. The average molecular weight is 281 g/mol. The fraction of sp³-hybridized carbons (Fsp3) is 0.727. The normalized spacial score (nSPS) is 23.3. The third-order valence-corrected chi connectivity index (χ3v) is 3.21. The maximum atomic E-state index is 12.0. The van der Waals surface area contributed by atoms with Gasteiger partial charge < -0.3 is 10.1 Å². The second-order valence-corrected chi connectivity index (χ2v) is 4.35. The lowest BCUT2D eigenvalue weighted by molar-refractivity contribution is -0.173. The number of carbonyl (C=O) groups is 3. The van der Waals surface area contributed by atoms with Gasteiger partial charge in [-0.25, -0.2) is 0 Å². The fourth-order valence-electron chi connectivity index (χ4n) is 2.20. The van der Waals surface area contributed by atoms with Gasteiger partial charge in [-0.05, 0) is 19.3 Å². The van der Waals surface area contributed by atoms with Gasteiger partial charge in [0, 0.05) is 13.0 Å². The van der Waals surface area contributed by atoms with Crippen molar-refractivity contribution in [1.82, 2.24) is 5.32 Å². The zero-order chi connectivity index (χ0) is 14.7. The molecule has 1 atom stereocenters. The first-order valence-corrected chi connectivity index (χ1v) is 5.71. The van der Waals surface area contributed by atoms with E-state index in [1.807, 2.05) is 0 Å². The van der Waals surface area contributed by atoms with E-state index in [1.165, 1.54) is 0 Å². The molecule has 1 aliphatic carbocycles. The molecule has 1 saturated carbocycles. The number of Topliss-reactive ketones (excluding diaryl/α,β-unsaturated/α-hetero) is 1. The quantitative estimate of drug-likeness (QED) is 0.615. The number of hydrogen-bond acceptors (Lipinski definition) is 4. The second kappa shape index (κ2) is 5.58. The Balaban J connectivity index is 2.64. The number of esters is 1. The van der Waals surface area contributed by atoms with Crippen LogP contribution >= 0.6 is 0 Å². The van der Waals surface area contributed by atoms with Crippen molar-refractivity contribution in [1.29, 1.82) is 0 Å². The molecule has 0 aliphatic heterocycles. The number of halogens is 3. The molecule has 0 spiro atoms. The molecule has 0 aromatic carbocycles. The van der Waals surface area contributed by atoms with Crippen molar-refractivity contribution in [2.45, 2.75) is 31.9 Å². The topological polar surface area (TPSA) is 72.5 Å². The van der Waals surface area contributed by atoms with Crippen LogP contribution in [0.25, 0.3) is 0 Å². The Morgan fingerprint density at radius 3 is 2.47 bits per heavy atom. The molecule has 1 N–H and O–H groups in total. The Hall–Kier alpha value is -1.60. The molecule has 0 saturated heterocycles. The number of ketones is 1. The number of rotatable bonds is 4. The summed E-state index contributed by atoms with van der Waals surface area (Å²) < 4.78 is 40.5. The average Bonchev–Trinajstić information content (AvgIpc) is 2.69. The SMILES string of the molecule is COC(=O)[C@]1(CCNC(=O)C(F)(F)F)CCCC1=O. The van der Waals surface area contributed by atoms with Gasteiger partial charge in [0.05, 0.1) is 7.11 Å². The van der Waals surface area contributed by atoms with Gasteiger partial charge in [0.2, 0.25) is 0 Å². The molecule has 0 unspecified atom stereocenters. The minimum atomic E-state index is -4.97. The number of nitrogens with one attached hydrogen (secondary N) is 1. The molecule has 0 aromatic rings. The minimum absolute atomic E-state index is 0.180. The highest BCUT2D eigenvalue weighted by molar-refractivity contribution is 6.05. The Morgan fingerprint density at radius 1 is 1.42 bits per heavy atom. The molecule has 8 heteroatoms. The number of ether oxygens (including phenoxy) is 1. The summed E-state index contributed by atoms with van der Waals surface area (Å²) >= 11 is 0. The van der Waals surface area contributed by atoms with E-state index in [9.17, 15) is 27.6 Å². The summed E-state index contributed by atoms with van der Waals surface area (Å²) in [5.74, 6) is -3.19. The fourth-order valence-corrected chi connectivity index (χ4v) is 2.20. The van der Waals surface area contributed by atoms with E-state index >= 15 is 0 Å². The summed E-state index contributed by atoms with van der Waals surface area (Å²) in [6, 6.07) is 0. The monoisotopic (exact) mass is 281 g/mol. The lowest BCUT2D eigenvalue weighted by Crippen LogP contribution is -2.42. The Labute approximate surface area is 107 Å². The Kier molecular flexibility index (Phi) is 4.54. The summed E-state index contributed by atoms with van der Waals surface area (Å²) in [6.45, 7) is -0.404. The van der Waals surface area contributed by atoms with Crippen LogP contribution in [0.3, 0.4) is 0 Å². The number of amides is 1. The number of hydrogen-bond donors (Lipinski definition) is 1. The van der Waals surface area contributed by atoms with Gasteiger partial charge in [-0.3, -0.25) is 14.4 Å². The summed E-state index contributed by atoms with van der Waals surface area (Å²) in [7, 11) is 1.12. The van der Waals surface area contributed by atoms with Crippen LogP contribution in [0.5, 0.6) is 0 Å². The van der Waals surface area contributed by atoms with Gasteiger partial charge in [-0.1, -0.05) is 0 Å². The van der Waals surface area contributed by atoms with E-state index in [4.69, 9.17) is 0 Å². The van der Waals surface area contributed by atoms with Crippen LogP contribution in [-0.2, 0) is 19.1 Å². The highest BCUT2D eigenvalue weighted by Gasteiger charge is 2.49. The molecule has 0 aromatic heterocycles. The Morgan fingerprint density at radius 2 is 2.05 bits per heavy atom. The maximum absolute atomic E-state index is 12.0. The predicted octanol–water partition coefficient (Wildman–Crippen LogP) is 0.967. The predicted molar refractivity (Wildman–Crippen MR) is 57.0 cm³/mol. The van der Waals surface area contributed by atoms with E-state index in [1.54, 1.807) is 5.32 Å². The second-order valence-electron chi connectivity index (χ2n) is 4.35. The molecule has 1 amide bonds. The molecule has 0 bridgehead atoms. The molecule has 1 rings (SSSR count). The van der Waals surface area contributed by atoms with Crippen molar-refractivity contribution in [3.8, 4) is 0 Å². The summed E-state index contributed by atoms with van der Waals surface area (Å²) in [6.07, 6.45) is -4.23. The van der Waals surface area contributed by atoms with Gasteiger partial charge in [-0.2, -0.15) is 13.2 Å². The standard InChI is InChI=1S/C11H14F3NO4/c1-19-9(18)10(4-2-3-7(10)16)5-6-15-8(17)11(12,13)14/h2-6H2,1H3,(H,15,17)/t10-/m0/s1. The lowest BCUT2D eigenvalue weighted by Gasteiger charge is -2.24. The van der Waals surface area contributed by atoms with E-state index in [0.29, 0.717) is 6.42 Å². The molecule has 19 heavy (non-hydrogen) atoms. The first kappa shape index (κ1) is 15.5. The van der Waals surface area contributed by atoms with Gasteiger partial charge in [0.25, 0.3) is 0 Å². The zero-order valence-corrected chi connectivity index (χ0v) is 10.3. The van der Waals surface area contributed by atoms with Crippen molar-refractivity contribution in [3.63, 3.8) is 0 Å². The van der Waals surface area contributed by atoms with Crippen LogP contribution in [0.4, 0.5) is 13.2 Å². The molecule has 5 nitrogen and oxygen atoms in total. The van der Waals surface area contributed by atoms with Crippen LogP contribution in [0, 0.1) is 5.41 Å². The van der Waals surface area contributed by atoms with Crippen molar-refractivity contribution in [3.05, 3.63) is 0 Å². The highest BCUT2D eigenvalue weighted by Crippen LogP contribution is 2.39. The minimum Gasteiger partial charge on any atom is -0.468 e. The van der Waals surface area contributed by atoms with Crippen molar-refractivity contribution >= 4 is 17.7 Å². The largest absolute Gasteiger partial charge is 0.471 e. The number of alkyl halides is 3. The third kappa shape index (κ3) is 3.24. The van der Waals surface area contributed by atoms with Crippen LogP contribution in [-0.4, -0.2) is 37.5 Å². The number of carbonyl (C=O) groups excluding carboxylic acids is 3. The van der Waals surface area contributed by atoms with Crippen LogP contribution in [0.1, 0.15) is 25.7 Å². The highest BCUT2D eigenvalue weighted by atomic mass is 19.4. The number of methoxy groups -OCH3 is 1. The summed E-state index contributed by atoms with van der Waals surface area (Å²) in [5, 5.41) is 1.65. The van der Waals surface area contributed by atoms with E-state index in [0.717, 1.165) is 7.11 Å². The summed E-state index contributed by atoms with van der Waals surface area (Å²) in [4.78, 5) is 34.0. The molecular weight excluding hydrogens is 267 g/mol. The molecule has 1 fully saturated rings. The van der Waals surface area contributed by atoms with E-state index in [2.05, 4.69) is 4.74 Å². The lowest BCUT2D eigenvalue weighted by atomic mass is 9.82. The van der Waals surface area contributed by atoms with Crippen LogP contribution in [0.2, 0.25) is 0 Å². The van der Waals surface area contributed by atoms with Gasteiger partial charge in [-0.15, -0.1) is 0 Å². The van der Waals surface area contributed by atoms with Crippen molar-refractivity contribution in [2.24, 2.45) is 5.41 Å². The molecule has 1 aliphatic rings. The first-order valence-electron chi connectivity index (χ1n) is 5.71.